The first-order chi connectivity index (χ1) is 9.19. The lowest BCUT2D eigenvalue weighted by atomic mass is 10.2. The van der Waals surface area contributed by atoms with Crippen molar-refractivity contribution in [3.8, 4) is 5.75 Å². The van der Waals surface area contributed by atoms with E-state index in [1.54, 1.807) is 0 Å². The van der Waals surface area contributed by atoms with E-state index in [0.717, 1.165) is 17.2 Å². The number of aliphatic hydroxyl groups is 1. The van der Waals surface area contributed by atoms with Crippen LogP contribution in [0.2, 0.25) is 0 Å². The lowest BCUT2D eigenvalue weighted by molar-refractivity contribution is 0.297. The molecule has 2 aromatic rings. The Labute approximate surface area is 113 Å². The molecule has 0 spiro atoms. The van der Waals surface area contributed by atoms with Crippen LogP contribution < -0.4 is 4.74 Å². The Kier molecular flexibility index (Phi) is 4.58. The van der Waals surface area contributed by atoms with Crippen LogP contribution in [-0.4, -0.2) is 23.3 Å². The normalized spacial score (nSPS) is 10.7. The van der Waals surface area contributed by atoms with Crippen LogP contribution in [0.25, 0.3) is 0 Å². The Hall–Kier alpha value is -1.81. The van der Waals surface area contributed by atoms with E-state index < -0.39 is 0 Å². The molecule has 0 fully saturated rings. The molecule has 0 saturated heterocycles. The van der Waals surface area contributed by atoms with Crippen LogP contribution in [-0.2, 0) is 12.8 Å². The van der Waals surface area contributed by atoms with Crippen LogP contribution in [0.4, 0.5) is 0 Å². The van der Waals surface area contributed by atoms with E-state index in [-0.39, 0.29) is 6.61 Å². The molecule has 0 amide bonds. The highest BCUT2D eigenvalue weighted by Crippen LogP contribution is 2.14. The van der Waals surface area contributed by atoms with Gasteiger partial charge in [0.25, 0.3) is 0 Å². The summed E-state index contributed by atoms with van der Waals surface area (Å²) in [4.78, 5) is 4.34. The molecule has 0 atom stereocenters. The minimum absolute atomic E-state index is 0.0899. The summed E-state index contributed by atoms with van der Waals surface area (Å²) in [5.74, 6) is 2.30. The zero-order valence-electron chi connectivity index (χ0n) is 11.3. The zero-order valence-corrected chi connectivity index (χ0v) is 11.3. The molecule has 0 radical (unpaired) electrons. The molecule has 1 aromatic heterocycles. The highest BCUT2D eigenvalue weighted by atomic mass is 16.5. The maximum absolute atomic E-state index is 8.90. The molecule has 0 saturated carbocycles. The van der Waals surface area contributed by atoms with Gasteiger partial charge < -0.3 is 14.3 Å². The van der Waals surface area contributed by atoms with Crippen molar-refractivity contribution in [2.75, 3.05) is 13.2 Å². The molecule has 4 nitrogen and oxygen atoms in total. The third-order valence-electron chi connectivity index (χ3n) is 2.86. The van der Waals surface area contributed by atoms with Gasteiger partial charge in [0.15, 0.2) is 5.89 Å². The summed E-state index contributed by atoms with van der Waals surface area (Å²) in [7, 11) is 0. The molecule has 1 aromatic carbocycles. The number of nitrogens with zero attached hydrogens (tertiary/aromatic N) is 1. The van der Waals surface area contributed by atoms with Crippen molar-refractivity contribution in [3.63, 3.8) is 0 Å². The number of oxazole rings is 1. The number of aliphatic hydroxyl groups excluding tert-OH is 1. The molecule has 0 aliphatic heterocycles. The number of hydrogen-bond acceptors (Lipinski definition) is 4. The predicted molar refractivity (Wildman–Crippen MR) is 72.4 cm³/mol. The van der Waals surface area contributed by atoms with Gasteiger partial charge in [-0.05, 0) is 31.5 Å². The van der Waals surface area contributed by atoms with Crippen LogP contribution in [0.3, 0.4) is 0 Å². The van der Waals surface area contributed by atoms with Crippen molar-refractivity contribution < 1.29 is 14.3 Å². The smallest absolute Gasteiger partial charge is 0.198 e. The van der Waals surface area contributed by atoms with Gasteiger partial charge in [0.1, 0.15) is 11.5 Å². The second kappa shape index (κ2) is 6.38. The van der Waals surface area contributed by atoms with Crippen LogP contribution in [0.1, 0.15) is 22.9 Å². The lowest BCUT2D eigenvalue weighted by Gasteiger charge is -2.04. The average molecular weight is 261 g/mol. The van der Waals surface area contributed by atoms with E-state index in [1.807, 2.05) is 38.1 Å². The predicted octanol–water partition coefficient (Wildman–Crippen LogP) is 2.45. The van der Waals surface area contributed by atoms with E-state index in [1.165, 1.54) is 5.56 Å². The number of benzene rings is 1. The first-order valence-corrected chi connectivity index (χ1v) is 6.44. The van der Waals surface area contributed by atoms with Gasteiger partial charge in [0, 0.05) is 13.0 Å². The van der Waals surface area contributed by atoms with Crippen LogP contribution in [0, 0.1) is 13.8 Å². The molecular weight excluding hydrogens is 242 g/mol. The molecular formula is C15H19NO3. The van der Waals surface area contributed by atoms with Crippen molar-refractivity contribution >= 4 is 0 Å². The highest BCUT2D eigenvalue weighted by molar-refractivity contribution is 5.27. The molecule has 102 valence electrons. The maximum Gasteiger partial charge on any atom is 0.198 e. The van der Waals surface area contributed by atoms with Gasteiger partial charge in [-0.3, -0.25) is 0 Å². The first kappa shape index (κ1) is 13.6. The summed E-state index contributed by atoms with van der Waals surface area (Å²) >= 11 is 0. The van der Waals surface area contributed by atoms with E-state index in [0.29, 0.717) is 25.3 Å². The first-order valence-electron chi connectivity index (χ1n) is 6.44. The lowest BCUT2D eigenvalue weighted by Crippen LogP contribution is -2.02. The summed E-state index contributed by atoms with van der Waals surface area (Å²) < 4.78 is 11.2. The number of rotatable bonds is 6. The van der Waals surface area contributed by atoms with E-state index in [2.05, 4.69) is 4.98 Å². The van der Waals surface area contributed by atoms with Crippen molar-refractivity contribution in [3.05, 3.63) is 47.2 Å². The number of aromatic nitrogens is 1. The fourth-order valence-electron chi connectivity index (χ4n) is 1.89. The standard InChI is InChI=1S/C15H19NO3/c1-11-4-3-5-13(10-11)18-9-7-15-16-14(6-8-17)12(2)19-15/h3-5,10,17H,6-9H2,1-2H3. The number of ether oxygens (including phenoxy) is 1. The summed E-state index contributed by atoms with van der Waals surface area (Å²) in [6, 6.07) is 7.94. The van der Waals surface area contributed by atoms with E-state index in [9.17, 15) is 0 Å². The van der Waals surface area contributed by atoms with Crippen molar-refractivity contribution in [1.82, 2.24) is 4.98 Å². The van der Waals surface area contributed by atoms with Gasteiger partial charge in [-0.15, -0.1) is 0 Å². The molecule has 1 heterocycles. The second-order valence-corrected chi connectivity index (χ2v) is 4.50. The quantitative estimate of drug-likeness (QED) is 0.867. The molecule has 0 unspecified atom stereocenters. The molecule has 0 aliphatic rings. The van der Waals surface area contributed by atoms with Crippen molar-refractivity contribution in [2.45, 2.75) is 26.7 Å². The number of aryl methyl sites for hydroxylation is 2. The molecule has 0 aliphatic carbocycles. The monoisotopic (exact) mass is 261 g/mol. The van der Waals surface area contributed by atoms with E-state index >= 15 is 0 Å². The van der Waals surface area contributed by atoms with Gasteiger partial charge in [0.05, 0.1) is 18.7 Å². The van der Waals surface area contributed by atoms with Gasteiger partial charge in [-0.2, -0.15) is 0 Å². The van der Waals surface area contributed by atoms with Crippen molar-refractivity contribution in [1.29, 1.82) is 0 Å². The topological polar surface area (TPSA) is 55.5 Å². The SMILES string of the molecule is Cc1cccc(OCCc2nc(CCO)c(C)o2)c1. The average Bonchev–Trinajstić information content (AvgIpc) is 2.71. The minimum Gasteiger partial charge on any atom is -0.493 e. The van der Waals surface area contributed by atoms with Gasteiger partial charge in [-0.25, -0.2) is 4.98 Å². The molecule has 19 heavy (non-hydrogen) atoms. The van der Waals surface area contributed by atoms with E-state index in [4.69, 9.17) is 14.3 Å². The van der Waals surface area contributed by atoms with Crippen molar-refractivity contribution in [2.24, 2.45) is 0 Å². The Bertz CT molecular complexity index is 534. The number of hydrogen-bond donors (Lipinski definition) is 1. The van der Waals surface area contributed by atoms with Crippen LogP contribution in [0.5, 0.6) is 5.75 Å². The fraction of sp³-hybridized carbons (Fsp3) is 0.400. The fourth-order valence-corrected chi connectivity index (χ4v) is 1.89. The Morgan fingerprint density at radius 1 is 1.26 bits per heavy atom. The van der Waals surface area contributed by atoms with Gasteiger partial charge in [-0.1, -0.05) is 12.1 Å². The Balaban J connectivity index is 1.87. The highest BCUT2D eigenvalue weighted by Gasteiger charge is 2.08. The molecule has 4 heteroatoms. The molecule has 0 bridgehead atoms. The summed E-state index contributed by atoms with van der Waals surface area (Å²) in [6.45, 7) is 4.52. The third kappa shape index (κ3) is 3.83. The minimum atomic E-state index is 0.0899. The molecule has 1 N–H and O–H groups in total. The summed E-state index contributed by atoms with van der Waals surface area (Å²) in [5, 5.41) is 8.90. The molecule has 2 rings (SSSR count). The van der Waals surface area contributed by atoms with Crippen LogP contribution in [0.15, 0.2) is 28.7 Å². The van der Waals surface area contributed by atoms with Gasteiger partial charge in [0.2, 0.25) is 0 Å². The second-order valence-electron chi connectivity index (χ2n) is 4.50. The Morgan fingerprint density at radius 2 is 2.11 bits per heavy atom. The summed E-state index contributed by atoms with van der Waals surface area (Å²) in [6.07, 6.45) is 1.16. The Morgan fingerprint density at radius 3 is 2.84 bits per heavy atom. The zero-order chi connectivity index (χ0) is 13.7. The van der Waals surface area contributed by atoms with Gasteiger partial charge >= 0.3 is 0 Å². The third-order valence-corrected chi connectivity index (χ3v) is 2.86. The van der Waals surface area contributed by atoms with Crippen LogP contribution >= 0.6 is 0 Å². The largest absolute Gasteiger partial charge is 0.493 e. The maximum atomic E-state index is 8.90. The summed E-state index contributed by atoms with van der Waals surface area (Å²) in [5.41, 5.74) is 2.00.